The molecule has 0 spiro atoms. The lowest BCUT2D eigenvalue weighted by Gasteiger charge is -2.09. The zero-order valence-electron chi connectivity index (χ0n) is 11.9. The van der Waals surface area contributed by atoms with E-state index in [2.05, 4.69) is 4.74 Å². The highest BCUT2D eigenvalue weighted by Gasteiger charge is 2.26. The van der Waals surface area contributed by atoms with Gasteiger partial charge in [0, 0.05) is 0 Å². The summed E-state index contributed by atoms with van der Waals surface area (Å²) in [6.07, 6.45) is 0.750. The van der Waals surface area contributed by atoms with E-state index in [1.807, 2.05) is 6.92 Å². The van der Waals surface area contributed by atoms with Crippen LogP contribution in [-0.4, -0.2) is 5.97 Å². The maximum Gasteiger partial charge on any atom is 0.338 e. The van der Waals surface area contributed by atoms with Gasteiger partial charge in [-0.05, 0) is 24.1 Å². The second-order valence-electron chi connectivity index (χ2n) is 4.68. The number of ether oxygens (including phenoxy) is 1. The minimum Gasteiger partial charge on any atom is -0.457 e. The molecule has 0 N–H and O–H groups in total. The molecule has 2 aromatic carbocycles. The van der Waals surface area contributed by atoms with Crippen LogP contribution in [0.1, 0.15) is 28.4 Å². The maximum absolute atomic E-state index is 13.4. The number of halogens is 5. The fraction of sp³-hybridized carbons (Fsp3) is 0.188. The van der Waals surface area contributed by atoms with Gasteiger partial charge in [0.25, 0.3) is 0 Å². The number of carbonyl (C=O) groups is 1. The molecule has 0 aromatic heterocycles. The Morgan fingerprint density at radius 2 is 1.35 bits per heavy atom. The summed E-state index contributed by atoms with van der Waals surface area (Å²) in [7, 11) is 0. The number of rotatable bonds is 4. The second kappa shape index (κ2) is 6.76. The molecule has 7 heteroatoms. The van der Waals surface area contributed by atoms with E-state index in [1.54, 1.807) is 12.1 Å². The Morgan fingerprint density at radius 3 is 1.83 bits per heavy atom. The highest BCUT2D eigenvalue weighted by molar-refractivity contribution is 5.89. The zero-order chi connectivity index (χ0) is 17.1. The Bertz CT molecular complexity index is 712. The molecule has 0 bridgehead atoms. The molecule has 0 fully saturated rings. The summed E-state index contributed by atoms with van der Waals surface area (Å²) in [4.78, 5) is 11.7. The second-order valence-corrected chi connectivity index (χ2v) is 4.68. The monoisotopic (exact) mass is 330 g/mol. The largest absolute Gasteiger partial charge is 0.457 e. The number of hydrogen-bond donors (Lipinski definition) is 0. The first-order chi connectivity index (χ1) is 10.9. The van der Waals surface area contributed by atoms with Crippen LogP contribution in [0.15, 0.2) is 24.3 Å². The van der Waals surface area contributed by atoms with Crippen LogP contribution >= 0.6 is 0 Å². The Hall–Kier alpha value is -2.44. The van der Waals surface area contributed by atoms with E-state index in [1.165, 1.54) is 12.1 Å². The average molecular weight is 330 g/mol. The van der Waals surface area contributed by atoms with Crippen molar-refractivity contribution in [1.82, 2.24) is 0 Å². The van der Waals surface area contributed by atoms with Crippen molar-refractivity contribution in [3.63, 3.8) is 0 Å². The van der Waals surface area contributed by atoms with Crippen molar-refractivity contribution in [3.8, 4) is 0 Å². The van der Waals surface area contributed by atoms with Crippen molar-refractivity contribution in [2.75, 3.05) is 0 Å². The Morgan fingerprint density at radius 1 is 0.870 bits per heavy atom. The van der Waals surface area contributed by atoms with Gasteiger partial charge in [-0.15, -0.1) is 0 Å². The third kappa shape index (κ3) is 3.33. The van der Waals surface area contributed by atoms with Gasteiger partial charge in [-0.3, -0.25) is 0 Å². The van der Waals surface area contributed by atoms with Gasteiger partial charge in [-0.1, -0.05) is 19.1 Å². The summed E-state index contributed by atoms with van der Waals surface area (Å²) in [6.45, 7) is 0.844. The van der Waals surface area contributed by atoms with Crippen LogP contribution in [-0.2, 0) is 17.8 Å². The molecular formula is C16H11F5O2. The average Bonchev–Trinajstić information content (AvgIpc) is 2.58. The molecule has 2 rings (SSSR count). The number of carbonyl (C=O) groups excluding carboxylic acids is 1. The van der Waals surface area contributed by atoms with Gasteiger partial charge >= 0.3 is 5.97 Å². The molecule has 23 heavy (non-hydrogen) atoms. The van der Waals surface area contributed by atoms with E-state index in [4.69, 9.17) is 0 Å². The third-order valence-electron chi connectivity index (χ3n) is 3.25. The van der Waals surface area contributed by atoms with Crippen LogP contribution in [0.4, 0.5) is 22.0 Å². The van der Waals surface area contributed by atoms with Crippen molar-refractivity contribution >= 4 is 5.97 Å². The van der Waals surface area contributed by atoms with E-state index in [0.29, 0.717) is 0 Å². The molecule has 0 aliphatic carbocycles. The predicted octanol–water partition coefficient (Wildman–Crippen LogP) is 4.30. The zero-order valence-corrected chi connectivity index (χ0v) is 11.9. The summed E-state index contributed by atoms with van der Waals surface area (Å²) < 4.78 is 70.5. The van der Waals surface area contributed by atoms with Crippen molar-refractivity contribution in [2.24, 2.45) is 0 Å². The summed E-state index contributed by atoms with van der Waals surface area (Å²) in [5.41, 5.74) is -0.132. The quantitative estimate of drug-likeness (QED) is 0.362. The van der Waals surface area contributed by atoms with Crippen LogP contribution < -0.4 is 0 Å². The van der Waals surface area contributed by atoms with Gasteiger partial charge in [0.05, 0.1) is 11.1 Å². The number of aryl methyl sites for hydroxylation is 1. The summed E-state index contributed by atoms with van der Waals surface area (Å²) in [5, 5.41) is 0. The molecule has 0 saturated carbocycles. The first-order valence-electron chi connectivity index (χ1n) is 6.63. The smallest absolute Gasteiger partial charge is 0.338 e. The lowest BCUT2D eigenvalue weighted by atomic mass is 10.1. The van der Waals surface area contributed by atoms with Crippen LogP contribution in [0, 0.1) is 29.1 Å². The lowest BCUT2D eigenvalue weighted by molar-refractivity contribution is 0.0462. The molecule has 0 aliphatic heterocycles. The molecular weight excluding hydrogens is 319 g/mol. The standard InChI is InChI=1S/C16H11F5O2/c1-2-8-3-5-9(6-4-8)16(22)23-7-10-11(17)13(19)15(21)14(20)12(10)18/h3-6H,2,7H2,1H3. The van der Waals surface area contributed by atoms with Gasteiger partial charge in [0.2, 0.25) is 5.82 Å². The number of benzene rings is 2. The van der Waals surface area contributed by atoms with Crippen LogP contribution in [0.3, 0.4) is 0 Å². The topological polar surface area (TPSA) is 26.3 Å². The third-order valence-corrected chi connectivity index (χ3v) is 3.25. The van der Waals surface area contributed by atoms with Crippen LogP contribution in [0.2, 0.25) is 0 Å². The fourth-order valence-corrected chi connectivity index (χ4v) is 1.87. The molecule has 0 aliphatic rings. The van der Waals surface area contributed by atoms with Crippen molar-refractivity contribution < 1.29 is 31.5 Å². The van der Waals surface area contributed by atoms with Crippen LogP contribution in [0.5, 0.6) is 0 Å². The fourth-order valence-electron chi connectivity index (χ4n) is 1.87. The summed E-state index contributed by atoms with van der Waals surface area (Å²) in [5.74, 6) is -11.4. The Kier molecular flexibility index (Phi) is 4.98. The molecule has 0 heterocycles. The van der Waals surface area contributed by atoms with Gasteiger partial charge in [0.15, 0.2) is 23.3 Å². The highest BCUT2D eigenvalue weighted by atomic mass is 19.2. The van der Waals surface area contributed by atoms with E-state index in [9.17, 15) is 26.7 Å². The summed E-state index contributed by atoms with van der Waals surface area (Å²) >= 11 is 0. The van der Waals surface area contributed by atoms with Crippen LogP contribution in [0.25, 0.3) is 0 Å². The highest BCUT2D eigenvalue weighted by Crippen LogP contribution is 2.23. The molecule has 2 nitrogen and oxygen atoms in total. The molecule has 122 valence electrons. The molecule has 0 unspecified atom stereocenters. The number of hydrogen-bond acceptors (Lipinski definition) is 2. The molecule has 0 saturated heterocycles. The van der Waals surface area contributed by atoms with E-state index in [0.717, 1.165) is 12.0 Å². The first-order valence-corrected chi connectivity index (χ1v) is 6.63. The van der Waals surface area contributed by atoms with Gasteiger partial charge in [0.1, 0.15) is 6.61 Å². The van der Waals surface area contributed by atoms with Crippen molar-refractivity contribution in [2.45, 2.75) is 20.0 Å². The Labute approximate surface area is 128 Å². The van der Waals surface area contributed by atoms with E-state index < -0.39 is 47.2 Å². The molecule has 2 aromatic rings. The van der Waals surface area contributed by atoms with Gasteiger partial charge < -0.3 is 4.74 Å². The Balaban J connectivity index is 2.19. The van der Waals surface area contributed by atoms with Gasteiger partial charge in [-0.2, -0.15) is 0 Å². The number of esters is 1. The van der Waals surface area contributed by atoms with E-state index >= 15 is 0 Å². The minimum absolute atomic E-state index is 0.103. The normalized spacial score (nSPS) is 10.7. The molecule has 0 atom stereocenters. The molecule has 0 radical (unpaired) electrons. The van der Waals surface area contributed by atoms with Crippen molar-refractivity contribution in [3.05, 3.63) is 70.0 Å². The first kappa shape index (κ1) is 16.9. The molecule has 0 amide bonds. The predicted molar refractivity (Wildman–Crippen MR) is 71.2 cm³/mol. The maximum atomic E-state index is 13.4. The summed E-state index contributed by atoms with van der Waals surface area (Å²) in [6, 6.07) is 6.21. The SMILES string of the molecule is CCc1ccc(C(=O)OCc2c(F)c(F)c(F)c(F)c2F)cc1. The lowest BCUT2D eigenvalue weighted by Crippen LogP contribution is -2.11. The van der Waals surface area contributed by atoms with E-state index in [-0.39, 0.29) is 5.56 Å². The van der Waals surface area contributed by atoms with Gasteiger partial charge in [-0.25, -0.2) is 26.7 Å². The minimum atomic E-state index is -2.26. The van der Waals surface area contributed by atoms with Crippen molar-refractivity contribution in [1.29, 1.82) is 0 Å².